The number of nitrogens with one attached hydrogen (secondary N) is 3. The lowest BCUT2D eigenvalue weighted by atomic mass is 10.0. The van der Waals surface area contributed by atoms with Gasteiger partial charge in [0.15, 0.2) is 0 Å². The Hall–Kier alpha value is -2.83. The Labute approximate surface area is 121 Å². The molecule has 7 heteroatoms. The molecule has 1 heterocycles. The number of carboxylic acid groups (broad SMARTS) is 1. The van der Waals surface area contributed by atoms with Crippen LogP contribution in [0.2, 0.25) is 0 Å². The van der Waals surface area contributed by atoms with Gasteiger partial charge in [0.05, 0.1) is 24.1 Å². The average molecular weight is 288 g/mol. The van der Waals surface area contributed by atoms with E-state index in [2.05, 4.69) is 20.6 Å². The average Bonchev–Trinajstić information content (AvgIpc) is 2.93. The second-order valence-electron chi connectivity index (χ2n) is 4.66. The van der Waals surface area contributed by atoms with Crippen LogP contribution in [0.3, 0.4) is 0 Å². The van der Waals surface area contributed by atoms with Crippen molar-refractivity contribution in [2.75, 3.05) is 5.32 Å². The number of hydrogen-bond acceptors (Lipinski definition) is 3. The van der Waals surface area contributed by atoms with E-state index >= 15 is 0 Å². The summed E-state index contributed by atoms with van der Waals surface area (Å²) in [5, 5.41) is 14.4. The van der Waals surface area contributed by atoms with E-state index in [1.54, 1.807) is 26.1 Å². The van der Waals surface area contributed by atoms with Gasteiger partial charge in [-0.3, -0.25) is 0 Å². The monoisotopic (exact) mass is 288 g/mol. The molecule has 0 bridgehead atoms. The number of urea groups is 1. The number of nitrogens with zero attached hydrogens (tertiary/aromatic N) is 1. The van der Waals surface area contributed by atoms with E-state index < -0.39 is 12.0 Å². The molecule has 4 N–H and O–H groups in total. The van der Waals surface area contributed by atoms with Crippen LogP contribution >= 0.6 is 0 Å². The number of aromatic nitrogens is 2. The molecule has 0 aliphatic heterocycles. The van der Waals surface area contributed by atoms with E-state index in [4.69, 9.17) is 5.11 Å². The molecule has 7 nitrogen and oxygen atoms in total. The Kier molecular flexibility index (Phi) is 4.22. The maximum absolute atomic E-state index is 11.8. The first-order valence-corrected chi connectivity index (χ1v) is 6.34. The molecule has 1 aromatic heterocycles. The normalized spacial score (nSPS) is 10.2. The van der Waals surface area contributed by atoms with Crippen LogP contribution in [0.15, 0.2) is 24.7 Å². The number of aromatic carboxylic acids is 1. The van der Waals surface area contributed by atoms with Gasteiger partial charge in [0.25, 0.3) is 0 Å². The molecule has 0 saturated heterocycles. The zero-order chi connectivity index (χ0) is 15.4. The summed E-state index contributed by atoms with van der Waals surface area (Å²) in [6, 6.07) is 2.77. The minimum absolute atomic E-state index is 0.180. The summed E-state index contributed by atoms with van der Waals surface area (Å²) in [6.07, 6.45) is 3.14. The third kappa shape index (κ3) is 3.59. The van der Waals surface area contributed by atoms with Crippen LogP contribution in [0.25, 0.3) is 0 Å². The lowest BCUT2D eigenvalue weighted by molar-refractivity contribution is 0.0696. The van der Waals surface area contributed by atoms with E-state index in [0.29, 0.717) is 17.8 Å². The fourth-order valence-corrected chi connectivity index (χ4v) is 1.89. The number of rotatable bonds is 4. The van der Waals surface area contributed by atoms with Gasteiger partial charge in [0, 0.05) is 11.9 Å². The maximum Gasteiger partial charge on any atom is 0.336 e. The van der Waals surface area contributed by atoms with Gasteiger partial charge in [-0.15, -0.1) is 0 Å². The number of carbonyl (C=O) groups is 2. The van der Waals surface area contributed by atoms with Crippen LogP contribution in [-0.4, -0.2) is 27.1 Å². The second-order valence-corrected chi connectivity index (χ2v) is 4.66. The maximum atomic E-state index is 11.8. The lowest BCUT2D eigenvalue weighted by Gasteiger charge is -2.11. The number of H-pyrrole nitrogens is 1. The number of carboxylic acids is 1. The third-order valence-electron chi connectivity index (χ3n) is 3.15. The number of imidazole rings is 1. The van der Waals surface area contributed by atoms with Crippen molar-refractivity contribution < 1.29 is 14.7 Å². The Morgan fingerprint density at radius 3 is 2.71 bits per heavy atom. The van der Waals surface area contributed by atoms with Crippen molar-refractivity contribution in [2.24, 2.45) is 0 Å². The molecule has 0 radical (unpaired) electrons. The van der Waals surface area contributed by atoms with Gasteiger partial charge in [0.1, 0.15) is 0 Å². The lowest BCUT2D eigenvalue weighted by Crippen LogP contribution is -2.28. The highest BCUT2D eigenvalue weighted by molar-refractivity contribution is 5.94. The van der Waals surface area contributed by atoms with Crippen LogP contribution in [0.1, 0.15) is 27.2 Å². The van der Waals surface area contributed by atoms with Gasteiger partial charge < -0.3 is 20.7 Å². The van der Waals surface area contributed by atoms with Crippen molar-refractivity contribution in [3.8, 4) is 0 Å². The summed E-state index contributed by atoms with van der Waals surface area (Å²) in [6.45, 7) is 3.85. The number of anilines is 1. The van der Waals surface area contributed by atoms with Crippen molar-refractivity contribution in [1.29, 1.82) is 0 Å². The van der Waals surface area contributed by atoms with E-state index in [1.165, 1.54) is 12.4 Å². The highest BCUT2D eigenvalue weighted by atomic mass is 16.4. The largest absolute Gasteiger partial charge is 0.478 e. The molecule has 0 saturated carbocycles. The highest BCUT2D eigenvalue weighted by Gasteiger charge is 2.12. The van der Waals surface area contributed by atoms with Gasteiger partial charge in [-0.2, -0.15) is 0 Å². The Balaban J connectivity index is 2.05. The van der Waals surface area contributed by atoms with Crippen molar-refractivity contribution in [2.45, 2.75) is 20.4 Å². The van der Waals surface area contributed by atoms with Crippen LogP contribution in [0, 0.1) is 13.8 Å². The highest BCUT2D eigenvalue weighted by Crippen LogP contribution is 2.20. The van der Waals surface area contributed by atoms with E-state index in [0.717, 1.165) is 11.3 Å². The van der Waals surface area contributed by atoms with Gasteiger partial charge in [-0.25, -0.2) is 14.6 Å². The Bertz CT molecular complexity index is 665. The van der Waals surface area contributed by atoms with E-state index in [-0.39, 0.29) is 5.56 Å². The van der Waals surface area contributed by atoms with Crippen LogP contribution in [0.4, 0.5) is 10.5 Å². The molecule has 0 fully saturated rings. The molecular weight excluding hydrogens is 272 g/mol. The quantitative estimate of drug-likeness (QED) is 0.690. The van der Waals surface area contributed by atoms with Gasteiger partial charge in [-0.05, 0) is 37.1 Å². The summed E-state index contributed by atoms with van der Waals surface area (Å²) in [5.74, 6) is -1.02. The number of hydrogen-bond donors (Lipinski definition) is 4. The van der Waals surface area contributed by atoms with Crippen molar-refractivity contribution in [3.05, 3.63) is 47.0 Å². The summed E-state index contributed by atoms with van der Waals surface area (Å²) < 4.78 is 0. The Morgan fingerprint density at radius 1 is 1.33 bits per heavy atom. The molecule has 0 aliphatic carbocycles. The predicted octanol–water partition coefficient (Wildman–Crippen LogP) is 2.05. The minimum atomic E-state index is -1.02. The van der Waals surface area contributed by atoms with Crippen LogP contribution < -0.4 is 10.6 Å². The molecule has 0 spiro atoms. The number of carbonyl (C=O) groups excluding carboxylic acids is 1. The zero-order valence-corrected chi connectivity index (χ0v) is 11.7. The zero-order valence-electron chi connectivity index (χ0n) is 11.7. The minimum Gasteiger partial charge on any atom is -0.478 e. The van der Waals surface area contributed by atoms with Gasteiger partial charge in [-0.1, -0.05) is 0 Å². The van der Waals surface area contributed by atoms with Gasteiger partial charge in [0.2, 0.25) is 0 Å². The Morgan fingerprint density at radius 2 is 2.10 bits per heavy atom. The topological polar surface area (TPSA) is 107 Å². The molecule has 0 aliphatic rings. The fraction of sp³-hybridized carbons (Fsp3) is 0.214. The first-order valence-electron chi connectivity index (χ1n) is 6.34. The van der Waals surface area contributed by atoms with Crippen LogP contribution in [0.5, 0.6) is 0 Å². The molecular formula is C14H16N4O3. The molecule has 2 rings (SSSR count). The molecule has 21 heavy (non-hydrogen) atoms. The van der Waals surface area contributed by atoms with Crippen molar-refractivity contribution in [3.63, 3.8) is 0 Å². The molecule has 110 valence electrons. The van der Waals surface area contributed by atoms with E-state index in [1.807, 2.05) is 0 Å². The molecule has 2 amide bonds. The first-order chi connectivity index (χ1) is 9.97. The summed E-state index contributed by atoms with van der Waals surface area (Å²) in [7, 11) is 0. The number of amides is 2. The number of aryl methyl sites for hydroxylation is 1. The molecule has 0 atom stereocenters. The van der Waals surface area contributed by atoms with Crippen molar-refractivity contribution in [1.82, 2.24) is 15.3 Å². The standard InChI is InChI=1S/C14H16N4O3/c1-8-3-10(4-12(9(8)2)13(19)20)18-14(21)16-6-11-5-15-7-17-11/h3-5,7H,6H2,1-2H3,(H,15,17)(H,19,20)(H2,16,18,21). The SMILES string of the molecule is Cc1cc(NC(=O)NCc2cnc[nH]2)cc(C(=O)O)c1C. The molecule has 2 aromatic rings. The number of aromatic amines is 1. The summed E-state index contributed by atoms with van der Waals surface area (Å²) in [5.41, 5.74) is 2.89. The van der Waals surface area contributed by atoms with Crippen molar-refractivity contribution >= 4 is 17.7 Å². The van der Waals surface area contributed by atoms with Crippen LogP contribution in [-0.2, 0) is 6.54 Å². The molecule has 1 aromatic carbocycles. The van der Waals surface area contributed by atoms with E-state index in [9.17, 15) is 9.59 Å². The molecule has 0 unspecified atom stereocenters. The summed E-state index contributed by atoms with van der Waals surface area (Å²) >= 11 is 0. The predicted molar refractivity (Wildman–Crippen MR) is 77.3 cm³/mol. The van der Waals surface area contributed by atoms with Gasteiger partial charge >= 0.3 is 12.0 Å². The summed E-state index contributed by atoms with van der Waals surface area (Å²) in [4.78, 5) is 29.6. The second kappa shape index (κ2) is 6.08. The fourth-order valence-electron chi connectivity index (χ4n) is 1.89. The smallest absolute Gasteiger partial charge is 0.336 e. The number of benzene rings is 1. The third-order valence-corrected chi connectivity index (χ3v) is 3.15. The first kappa shape index (κ1) is 14.6.